The van der Waals surface area contributed by atoms with E-state index in [9.17, 15) is 9.90 Å². The van der Waals surface area contributed by atoms with Gasteiger partial charge >= 0.3 is 5.97 Å². The van der Waals surface area contributed by atoms with Gasteiger partial charge in [0, 0.05) is 15.1 Å². The van der Waals surface area contributed by atoms with E-state index in [2.05, 4.69) is 36.8 Å². The van der Waals surface area contributed by atoms with Crippen LogP contribution in [0.15, 0.2) is 51.5 Å². The Hall–Kier alpha value is -1.20. The number of aromatic nitrogens is 1. The molecule has 0 saturated heterocycles. The zero-order valence-electron chi connectivity index (χ0n) is 9.88. The third-order valence-electron chi connectivity index (χ3n) is 2.79. The SMILES string of the molecule is O=C(O)C(Cc1ccccc1Br)c1ccc(Br)cn1. The second-order valence-electron chi connectivity index (χ2n) is 4.09. The minimum atomic E-state index is -0.870. The number of nitrogens with zero attached hydrogens (tertiary/aromatic N) is 1. The summed E-state index contributed by atoms with van der Waals surface area (Å²) in [7, 11) is 0. The number of carboxylic acids is 1. The molecule has 0 aliphatic carbocycles. The Labute approximate surface area is 127 Å². The van der Waals surface area contributed by atoms with E-state index < -0.39 is 11.9 Å². The van der Waals surface area contributed by atoms with Gasteiger partial charge in [-0.3, -0.25) is 9.78 Å². The molecule has 0 bridgehead atoms. The molecular formula is C14H11Br2NO2. The van der Waals surface area contributed by atoms with Gasteiger partial charge in [0.25, 0.3) is 0 Å². The molecule has 0 fully saturated rings. The molecule has 0 amide bonds. The number of carbonyl (C=O) groups is 1. The summed E-state index contributed by atoms with van der Waals surface area (Å²) < 4.78 is 1.75. The highest BCUT2D eigenvalue weighted by Gasteiger charge is 2.22. The van der Waals surface area contributed by atoms with E-state index in [0.29, 0.717) is 12.1 Å². The lowest BCUT2D eigenvalue weighted by atomic mass is 9.96. The quantitative estimate of drug-likeness (QED) is 0.866. The van der Waals surface area contributed by atoms with Gasteiger partial charge in [0.2, 0.25) is 0 Å². The van der Waals surface area contributed by atoms with E-state index in [1.807, 2.05) is 24.3 Å². The van der Waals surface area contributed by atoms with Crippen molar-refractivity contribution < 1.29 is 9.90 Å². The molecule has 0 spiro atoms. The number of hydrogen-bond acceptors (Lipinski definition) is 2. The van der Waals surface area contributed by atoms with Gasteiger partial charge in [-0.2, -0.15) is 0 Å². The van der Waals surface area contributed by atoms with Gasteiger partial charge in [0.15, 0.2) is 0 Å². The average molecular weight is 385 g/mol. The molecule has 5 heteroatoms. The third kappa shape index (κ3) is 3.64. The molecule has 1 aromatic carbocycles. The predicted octanol–water partition coefficient (Wildman–Crippen LogP) is 4.02. The Morgan fingerprint density at radius 2 is 1.95 bits per heavy atom. The van der Waals surface area contributed by atoms with Crippen molar-refractivity contribution in [3.63, 3.8) is 0 Å². The Balaban J connectivity index is 2.29. The summed E-state index contributed by atoms with van der Waals surface area (Å²) in [6.07, 6.45) is 2.02. The summed E-state index contributed by atoms with van der Waals surface area (Å²) in [5.41, 5.74) is 1.52. The second-order valence-corrected chi connectivity index (χ2v) is 5.86. The van der Waals surface area contributed by atoms with Crippen LogP contribution in [0.5, 0.6) is 0 Å². The third-order valence-corrected chi connectivity index (χ3v) is 4.03. The lowest BCUT2D eigenvalue weighted by molar-refractivity contribution is -0.138. The maximum Gasteiger partial charge on any atom is 0.312 e. The summed E-state index contributed by atoms with van der Waals surface area (Å²) in [4.78, 5) is 15.6. The van der Waals surface area contributed by atoms with Gasteiger partial charge in [-0.25, -0.2) is 0 Å². The molecule has 1 atom stereocenters. The number of hydrogen-bond donors (Lipinski definition) is 1. The first-order chi connectivity index (χ1) is 9.08. The van der Waals surface area contributed by atoms with Crippen LogP contribution in [0.1, 0.15) is 17.2 Å². The molecule has 3 nitrogen and oxygen atoms in total. The van der Waals surface area contributed by atoms with Crippen LogP contribution < -0.4 is 0 Å². The number of rotatable bonds is 4. The molecule has 0 saturated carbocycles. The number of benzene rings is 1. The molecular weight excluding hydrogens is 374 g/mol. The molecule has 2 aromatic rings. The normalized spacial score (nSPS) is 12.1. The molecule has 19 heavy (non-hydrogen) atoms. The van der Waals surface area contributed by atoms with Crippen molar-refractivity contribution in [2.45, 2.75) is 12.3 Å². The van der Waals surface area contributed by atoms with Crippen molar-refractivity contribution in [3.05, 3.63) is 62.8 Å². The maximum atomic E-state index is 11.4. The molecule has 0 aliphatic heterocycles. The van der Waals surface area contributed by atoms with Gasteiger partial charge in [0.05, 0.1) is 5.69 Å². The summed E-state index contributed by atoms with van der Waals surface area (Å²) in [6, 6.07) is 11.2. The Morgan fingerprint density at radius 1 is 1.21 bits per heavy atom. The van der Waals surface area contributed by atoms with Crippen LogP contribution in [-0.4, -0.2) is 16.1 Å². The van der Waals surface area contributed by atoms with Gasteiger partial charge in [-0.05, 0) is 46.1 Å². The molecule has 2 rings (SSSR count). The highest BCUT2D eigenvalue weighted by Crippen LogP contribution is 2.25. The van der Waals surface area contributed by atoms with Gasteiger partial charge in [-0.15, -0.1) is 0 Å². The van der Waals surface area contributed by atoms with E-state index in [1.165, 1.54) is 0 Å². The Morgan fingerprint density at radius 3 is 2.53 bits per heavy atom. The van der Waals surface area contributed by atoms with Crippen molar-refractivity contribution in [1.82, 2.24) is 4.98 Å². The predicted molar refractivity (Wildman–Crippen MR) is 80.2 cm³/mol. The summed E-state index contributed by atoms with van der Waals surface area (Å²) in [5.74, 6) is -1.52. The summed E-state index contributed by atoms with van der Waals surface area (Å²) in [5, 5.41) is 9.38. The van der Waals surface area contributed by atoms with Gasteiger partial charge in [-0.1, -0.05) is 34.1 Å². The van der Waals surface area contributed by atoms with E-state index >= 15 is 0 Å². The standard InChI is InChI=1S/C14H11Br2NO2/c15-10-5-6-13(17-8-10)11(14(18)19)7-9-3-1-2-4-12(9)16/h1-6,8,11H,7H2,(H,18,19). The molecule has 0 aliphatic rings. The lowest BCUT2D eigenvalue weighted by Gasteiger charge is -2.13. The molecule has 0 radical (unpaired) electrons. The molecule has 98 valence electrons. The van der Waals surface area contributed by atoms with Gasteiger partial charge in [0.1, 0.15) is 5.92 Å². The fraction of sp³-hybridized carbons (Fsp3) is 0.143. The van der Waals surface area contributed by atoms with Crippen molar-refractivity contribution in [3.8, 4) is 0 Å². The van der Waals surface area contributed by atoms with Crippen LogP contribution in [0, 0.1) is 0 Å². The van der Waals surface area contributed by atoms with Crippen molar-refractivity contribution >= 4 is 37.8 Å². The van der Waals surface area contributed by atoms with Crippen molar-refractivity contribution in [1.29, 1.82) is 0 Å². The molecule has 1 unspecified atom stereocenters. The Bertz CT molecular complexity index is 584. The first-order valence-corrected chi connectivity index (χ1v) is 7.24. The second kappa shape index (κ2) is 6.30. The minimum absolute atomic E-state index is 0.408. The highest BCUT2D eigenvalue weighted by atomic mass is 79.9. The number of pyridine rings is 1. The monoisotopic (exact) mass is 383 g/mol. The molecule has 1 heterocycles. The first-order valence-electron chi connectivity index (χ1n) is 5.65. The zero-order chi connectivity index (χ0) is 13.8. The van der Waals surface area contributed by atoms with Crippen LogP contribution >= 0.6 is 31.9 Å². The lowest BCUT2D eigenvalue weighted by Crippen LogP contribution is -2.16. The zero-order valence-corrected chi connectivity index (χ0v) is 13.1. The van der Waals surface area contributed by atoms with Crippen molar-refractivity contribution in [2.75, 3.05) is 0 Å². The number of halogens is 2. The first kappa shape index (κ1) is 14.2. The summed E-state index contributed by atoms with van der Waals surface area (Å²) >= 11 is 6.73. The Kier molecular flexibility index (Phi) is 4.71. The average Bonchev–Trinajstić information content (AvgIpc) is 2.39. The van der Waals surface area contributed by atoms with E-state index in [0.717, 1.165) is 14.5 Å². The van der Waals surface area contributed by atoms with Gasteiger partial charge < -0.3 is 5.11 Å². The van der Waals surface area contributed by atoms with E-state index in [-0.39, 0.29) is 0 Å². The van der Waals surface area contributed by atoms with Crippen molar-refractivity contribution in [2.24, 2.45) is 0 Å². The van der Waals surface area contributed by atoms with E-state index in [4.69, 9.17) is 0 Å². The van der Waals surface area contributed by atoms with Crippen LogP contribution in [-0.2, 0) is 11.2 Å². The maximum absolute atomic E-state index is 11.4. The fourth-order valence-electron chi connectivity index (χ4n) is 1.80. The van der Waals surface area contributed by atoms with E-state index in [1.54, 1.807) is 18.3 Å². The summed E-state index contributed by atoms with van der Waals surface area (Å²) in [6.45, 7) is 0. The van der Waals surface area contributed by atoms with Crippen LogP contribution in [0.25, 0.3) is 0 Å². The smallest absolute Gasteiger partial charge is 0.312 e. The molecule has 1 aromatic heterocycles. The molecule has 1 N–H and O–H groups in total. The minimum Gasteiger partial charge on any atom is -0.481 e. The highest BCUT2D eigenvalue weighted by molar-refractivity contribution is 9.10. The fourth-order valence-corrected chi connectivity index (χ4v) is 2.48. The number of carboxylic acid groups (broad SMARTS) is 1. The van der Waals surface area contributed by atoms with Crippen LogP contribution in [0.2, 0.25) is 0 Å². The topological polar surface area (TPSA) is 50.2 Å². The van der Waals surface area contributed by atoms with Crippen LogP contribution in [0.3, 0.4) is 0 Å². The van der Waals surface area contributed by atoms with Crippen LogP contribution in [0.4, 0.5) is 0 Å². The largest absolute Gasteiger partial charge is 0.481 e. The number of aliphatic carboxylic acids is 1.